The number of piperidine rings is 1. The molecule has 6 nitrogen and oxygen atoms in total. The van der Waals surface area contributed by atoms with Crippen molar-refractivity contribution in [2.24, 2.45) is 5.92 Å². The van der Waals surface area contributed by atoms with Crippen LogP contribution in [0.25, 0.3) is 0 Å². The normalized spacial score (nSPS) is 33.1. The molecule has 3 rings (SSSR count). The van der Waals surface area contributed by atoms with E-state index >= 15 is 0 Å². The van der Waals surface area contributed by atoms with E-state index in [0.29, 0.717) is 50.6 Å². The third-order valence-corrected chi connectivity index (χ3v) is 5.12. The van der Waals surface area contributed by atoms with Crippen molar-refractivity contribution in [2.75, 3.05) is 32.7 Å². The molecule has 0 spiro atoms. The Kier molecular flexibility index (Phi) is 4.45. The number of aliphatic carboxylic acids is 1. The minimum Gasteiger partial charge on any atom is -0.480 e. The Hall–Kier alpha value is -1.14. The Labute approximate surface area is 125 Å². The van der Waals surface area contributed by atoms with Crippen molar-refractivity contribution in [3.8, 4) is 0 Å². The van der Waals surface area contributed by atoms with Crippen LogP contribution in [0.5, 0.6) is 0 Å². The first-order valence-electron chi connectivity index (χ1n) is 8.08. The average molecular weight is 295 g/mol. The molecule has 0 aliphatic carbocycles. The highest BCUT2D eigenvalue weighted by molar-refractivity contribution is 5.76. The molecular formula is C15H25N3O3. The monoisotopic (exact) mass is 295 g/mol. The summed E-state index contributed by atoms with van der Waals surface area (Å²) in [6.45, 7) is 2.78. The first kappa shape index (κ1) is 14.8. The lowest BCUT2D eigenvalue weighted by atomic mass is 9.89. The van der Waals surface area contributed by atoms with E-state index in [9.17, 15) is 9.59 Å². The van der Waals surface area contributed by atoms with Crippen molar-refractivity contribution < 1.29 is 14.7 Å². The van der Waals surface area contributed by atoms with E-state index in [1.54, 1.807) is 0 Å². The summed E-state index contributed by atoms with van der Waals surface area (Å²) in [5.41, 5.74) is 0. The number of carbonyl (C=O) groups excluding carboxylic acids is 1. The van der Waals surface area contributed by atoms with E-state index in [-0.39, 0.29) is 12.5 Å². The number of carbonyl (C=O) groups is 2. The quantitative estimate of drug-likeness (QED) is 0.771. The van der Waals surface area contributed by atoms with Crippen molar-refractivity contribution in [2.45, 2.75) is 44.2 Å². The Morgan fingerprint density at radius 1 is 1.05 bits per heavy atom. The lowest BCUT2D eigenvalue weighted by molar-refractivity contribution is -0.139. The zero-order chi connectivity index (χ0) is 14.8. The minimum absolute atomic E-state index is 0.0830. The molecule has 0 aromatic heterocycles. The molecule has 3 heterocycles. The van der Waals surface area contributed by atoms with Crippen LogP contribution in [0.4, 0.5) is 0 Å². The highest BCUT2D eigenvalue weighted by atomic mass is 16.4. The predicted octanol–water partition coefficient (Wildman–Crippen LogP) is 0.136. The van der Waals surface area contributed by atoms with Crippen LogP contribution in [0.1, 0.15) is 32.1 Å². The molecule has 3 saturated heterocycles. The van der Waals surface area contributed by atoms with Crippen LogP contribution in [0.15, 0.2) is 0 Å². The zero-order valence-electron chi connectivity index (χ0n) is 12.5. The lowest BCUT2D eigenvalue weighted by Crippen LogP contribution is -2.50. The Balaban J connectivity index is 1.43. The standard InChI is InChI=1S/C15H25N3O3/c19-14(9-11-7-12-1-2-13(8-11)16-12)18-5-3-17(4-6-18)10-15(20)21/h11-13,16H,1-10H2,(H,20,21). The van der Waals surface area contributed by atoms with E-state index in [4.69, 9.17) is 5.11 Å². The lowest BCUT2D eigenvalue weighted by Gasteiger charge is -2.35. The number of hydrogen-bond acceptors (Lipinski definition) is 4. The van der Waals surface area contributed by atoms with Crippen molar-refractivity contribution in [3.63, 3.8) is 0 Å². The molecule has 2 bridgehead atoms. The maximum atomic E-state index is 12.4. The fourth-order valence-electron chi connectivity index (χ4n) is 4.06. The minimum atomic E-state index is -0.792. The first-order chi connectivity index (χ1) is 10.1. The summed E-state index contributed by atoms with van der Waals surface area (Å²) in [7, 11) is 0. The molecular weight excluding hydrogens is 270 g/mol. The molecule has 3 fully saturated rings. The fourth-order valence-corrected chi connectivity index (χ4v) is 4.06. The number of carboxylic acids is 1. The number of piperazine rings is 1. The molecule has 0 aromatic carbocycles. The van der Waals surface area contributed by atoms with Gasteiger partial charge in [-0.15, -0.1) is 0 Å². The smallest absolute Gasteiger partial charge is 0.317 e. The van der Waals surface area contributed by atoms with Gasteiger partial charge in [0, 0.05) is 44.7 Å². The van der Waals surface area contributed by atoms with Gasteiger partial charge in [-0.3, -0.25) is 14.5 Å². The van der Waals surface area contributed by atoms with Crippen molar-refractivity contribution in [1.82, 2.24) is 15.1 Å². The predicted molar refractivity (Wildman–Crippen MR) is 77.9 cm³/mol. The number of rotatable bonds is 4. The molecule has 118 valence electrons. The van der Waals surface area contributed by atoms with Gasteiger partial charge in [0.25, 0.3) is 0 Å². The van der Waals surface area contributed by atoms with Gasteiger partial charge in [-0.1, -0.05) is 0 Å². The van der Waals surface area contributed by atoms with Gasteiger partial charge in [0.05, 0.1) is 6.54 Å². The second-order valence-corrected chi connectivity index (χ2v) is 6.73. The summed E-state index contributed by atoms with van der Waals surface area (Å²) in [5, 5.41) is 12.4. The molecule has 1 amide bonds. The molecule has 21 heavy (non-hydrogen) atoms. The summed E-state index contributed by atoms with van der Waals surface area (Å²) in [6, 6.07) is 1.27. The summed E-state index contributed by atoms with van der Waals surface area (Å²) >= 11 is 0. The van der Waals surface area contributed by atoms with Crippen LogP contribution >= 0.6 is 0 Å². The van der Waals surface area contributed by atoms with E-state index < -0.39 is 5.97 Å². The largest absolute Gasteiger partial charge is 0.480 e. The summed E-state index contributed by atoms with van der Waals surface area (Å²) in [4.78, 5) is 26.9. The van der Waals surface area contributed by atoms with Crippen LogP contribution in [-0.2, 0) is 9.59 Å². The van der Waals surface area contributed by atoms with Gasteiger partial charge in [0.2, 0.25) is 5.91 Å². The van der Waals surface area contributed by atoms with Crippen LogP contribution in [0.3, 0.4) is 0 Å². The molecule has 2 unspecified atom stereocenters. The highest BCUT2D eigenvalue weighted by Gasteiger charge is 2.35. The van der Waals surface area contributed by atoms with Crippen molar-refractivity contribution in [1.29, 1.82) is 0 Å². The van der Waals surface area contributed by atoms with E-state index in [1.807, 2.05) is 9.80 Å². The maximum Gasteiger partial charge on any atom is 0.317 e. The van der Waals surface area contributed by atoms with Crippen LogP contribution < -0.4 is 5.32 Å². The molecule has 0 aromatic rings. The first-order valence-corrected chi connectivity index (χ1v) is 8.08. The number of nitrogens with zero attached hydrogens (tertiary/aromatic N) is 2. The molecule has 3 aliphatic rings. The Bertz CT molecular complexity index is 395. The SMILES string of the molecule is O=C(O)CN1CCN(C(=O)CC2CC3CCC(C2)N3)CC1. The van der Waals surface area contributed by atoms with Gasteiger partial charge in [0.1, 0.15) is 0 Å². The summed E-state index contributed by atoms with van der Waals surface area (Å²) in [6.07, 6.45) is 5.49. The second-order valence-electron chi connectivity index (χ2n) is 6.73. The van der Waals surface area contributed by atoms with Gasteiger partial charge < -0.3 is 15.3 Å². The molecule has 3 aliphatic heterocycles. The van der Waals surface area contributed by atoms with E-state index in [0.717, 1.165) is 12.8 Å². The third-order valence-electron chi connectivity index (χ3n) is 5.12. The van der Waals surface area contributed by atoms with Crippen LogP contribution in [-0.4, -0.2) is 71.6 Å². The van der Waals surface area contributed by atoms with Gasteiger partial charge in [0.15, 0.2) is 0 Å². The highest BCUT2D eigenvalue weighted by Crippen LogP contribution is 2.33. The van der Waals surface area contributed by atoms with E-state index in [2.05, 4.69) is 5.32 Å². The zero-order valence-corrected chi connectivity index (χ0v) is 12.5. The topological polar surface area (TPSA) is 72.9 Å². The molecule has 2 atom stereocenters. The summed E-state index contributed by atoms with van der Waals surface area (Å²) < 4.78 is 0. The fraction of sp³-hybridized carbons (Fsp3) is 0.867. The number of nitrogens with one attached hydrogen (secondary N) is 1. The van der Waals surface area contributed by atoms with E-state index in [1.165, 1.54) is 12.8 Å². The molecule has 2 N–H and O–H groups in total. The number of fused-ring (bicyclic) bond motifs is 2. The van der Waals surface area contributed by atoms with Crippen LogP contribution in [0, 0.1) is 5.92 Å². The van der Waals surface area contributed by atoms with Crippen molar-refractivity contribution in [3.05, 3.63) is 0 Å². The Morgan fingerprint density at radius 2 is 1.67 bits per heavy atom. The molecule has 0 radical (unpaired) electrons. The maximum absolute atomic E-state index is 12.4. The molecule has 6 heteroatoms. The number of hydrogen-bond donors (Lipinski definition) is 2. The number of amides is 1. The van der Waals surface area contributed by atoms with Gasteiger partial charge in [-0.05, 0) is 31.6 Å². The second kappa shape index (κ2) is 6.32. The Morgan fingerprint density at radius 3 is 2.24 bits per heavy atom. The average Bonchev–Trinajstić information content (AvgIpc) is 2.78. The van der Waals surface area contributed by atoms with Gasteiger partial charge in [-0.25, -0.2) is 0 Å². The third kappa shape index (κ3) is 3.74. The van der Waals surface area contributed by atoms with Crippen LogP contribution in [0.2, 0.25) is 0 Å². The number of carboxylic acid groups (broad SMARTS) is 1. The van der Waals surface area contributed by atoms with Crippen molar-refractivity contribution >= 4 is 11.9 Å². The summed E-state index contributed by atoms with van der Waals surface area (Å²) in [5.74, 6) is 0.00420. The van der Waals surface area contributed by atoms with Gasteiger partial charge >= 0.3 is 5.97 Å². The molecule has 0 saturated carbocycles. The van der Waals surface area contributed by atoms with Gasteiger partial charge in [-0.2, -0.15) is 0 Å².